The molecular formula is C6H16OS2Si. The Hall–Kier alpha value is 0.877. The fourth-order valence-corrected chi connectivity index (χ4v) is 4.15. The van der Waals surface area contributed by atoms with Crippen LogP contribution < -0.4 is 0 Å². The number of ether oxygens (including phenoxy) is 1. The Morgan fingerprint density at radius 3 is 3.00 bits per heavy atom. The molecule has 10 heavy (non-hydrogen) atoms. The van der Waals surface area contributed by atoms with Crippen LogP contribution in [-0.2, 0) is 4.74 Å². The lowest BCUT2D eigenvalue weighted by Crippen LogP contribution is -1.96. The van der Waals surface area contributed by atoms with Crippen LogP contribution in [0.1, 0.15) is 6.42 Å². The van der Waals surface area contributed by atoms with Crippen molar-refractivity contribution in [2.24, 2.45) is 0 Å². The topological polar surface area (TPSA) is 9.23 Å². The molecule has 0 rings (SSSR count). The van der Waals surface area contributed by atoms with Crippen LogP contribution in [0.25, 0.3) is 0 Å². The molecule has 0 heterocycles. The zero-order valence-electron chi connectivity index (χ0n) is 6.51. The molecule has 0 atom stereocenters. The summed E-state index contributed by atoms with van der Waals surface area (Å²) in [5, 5.41) is 1.36. The highest BCUT2D eigenvalue weighted by Crippen LogP contribution is 2.00. The molecule has 0 aliphatic heterocycles. The maximum atomic E-state index is 4.92. The summed E-state index contributed by atoms with van der Waals surface area (Å²) < 4.78 is 4.92. The fraction of sp³-hybridized carbons (Fsp3) is 1.00. The van der Waals surface area contributed by atoms with Crippen molar-refractivity contribution in [2.45, 2.75) is 12.5 Å². The third kappa shape index (κ3) is 8.88. The summed E-state index contributed by atoms with van der Waals surface area (Å²) in [5.41, 5.74) is 0. The third-order valence-corrected chi connectivity index (χ3v) is 5.18. The zero-order valence-corrected chi connectivity index (χ0v) is 9.63. The molecule has 0 bridgehead atoms. The molecule has 0 radical (unpaired) electrons. The Balaban J connectivity index is 2.65. The van der Waals surface area contributed by atoms with Crippen LogP contribution in [0.5, 0.6) is 0 Å². The minimum Gasteiger partial charge on any atom is -0.374 e. The second-order valence-corrected chi connectivity index (χ2v) is 6.24. The molecule has 1 nitrogen and oxygen atoms in total. The number of thioether (sulfide) groups is 1. The molecule has 0 fully saturated rings. The molecule has 0 aromatic carbocycles. The molecule has 4 heteroatoms. The molecule has 0 aliphatic rings. The van der Waals surface area contributed by atoms with Gasteiger partial charge in [0.2, 0.25) is 0 Å². The van der Waals surface area contributed by atoms with E-state index in [9.17, 15) is 0 Å². The second-order valence-electron chi connectivity index (χ2n) is 2.10. The van der Waals surface area contributed by atoms with E-state index >= 15 is 0 Å². The first-order valence-corrected chi connectivity index (χ1v) is 7.38. The average molecular weight is 196 g/mol. The van der Waals surface area contributed by atoms with Gasteiger partial charge in [-0.1, -0.05) is 6.04 Å². The van der Waals surface area contributed by atoms with Gasteiger partial charge >= 0.3 is 0 Å². The van der Waals surface area contributed by atoms with Crippen molar-refractivity contribution < 1.29 is 4.74 Å². The van der Waals surface area contributed by atoms with Gasteiger partial charge in [0.15, 0.2) is 0 Å². The molecule has 62 valence electrons. The van der Waals surface area contributed by atoms with Crippen LogP contribution >= 0.6 is 24.4 Å². The van der Waals surface area contributed by atoms with E-state index in [0.717, 1.165) is 11.7 Å². The van der Waals surface area contributed by atoms with Crippen LogP contribution in [0.2, 0.25) is 6.04 Å². The standard InChI is InChI=1S/C6H16OS2Si/c1-7-5-9-6-10-4-2-3-8/h8H,2-6,10H2,1H3. The Morgan fingerprint density at radius 2 is 2.40 bits per heavy atom. The summed E-state index contributed by atoms with van der Waals surface area (Å²) in [4.78, 5) is 0. The number of hydrogen-bond acceptors (Lipinski definition) is 3. The van der Waals surface area contributed by atoms with E-state index in [2.05, 4.69) is 12.6 Å². The normalized spacial score (nSPS) is 11.4. The van der Waals surface area contributed by atoms with Gasteiger partial charge in [-0.15, -0.1) is 11.8 Å². The van der Waals surface area contributed by atoms with Gasteiger partial charge in [-0.3, -0.25) is 0 Å². The van der Waals surface area contributed by atoms with Crippen LogP contribution in [0, 0.1) is 0 Å². The Kier molecular flexibility index (Phi) is 10.7. The van der Waals surface area contributed by atoms with Crippen molar-refractivity contribution >= 4 is 33.9 Å². The number of hydrogen-bond donors (Lipinski definition) is 1. The van der Waals surface area contributed by atoms with E-state index in [1.807, 2.05) is 11.8 Å². The van der Waals surface area contributed by atoms with E-state index in [-0.39, 0.29) is 9.52 Å². The van der Waals surface area contributed by atoms with Gasteiger partial charge in [0.25, 0.3) is 0 Å². The summed E-state index contributed by atoms with van der Waals surface area (Å²) in [6.45, 7) is 0. The molecule has 0 spiro atoms. The van der Waals surface area contributed by atoms with Crippen molar-refractivity contribution in [2.75, 3.05) is 24.2 Å². The van der Waals surface area contributed by atoms with Gasteiger partial charge in [-0.2, -0.15) is 12.6 Å². The lowest BCUT2D eigenvalue weighted by Gasteiger charge is -1.97. The van der Waals surface area contributed by atoms with Gasteiger partial charge in [-0.25, -0.2) is 0 Å². The van der Waals surface area contributed by atoms with Crippen LogP contribution in [0.3, 0.4) is 0 Å². The first kappa shape index (κ1) is 10.9. The molecule has 0 aliphatic carbocycles. The Bertz CT molecular complexity index is 55.7. The van der Waals surface area contributed by atoms with Gasteiger partial charge in [0.05, 0.1) is 5.94 Å². The summed E-state index contributed by atoms with van der Waals surface area (Å²) in [7, 11) is 1.97. The number of methoxy groups -OCH3 is 1. The van der Waals surface area contributed by atoms with E-state index in [1.54, 1.807) is 7.11 Å². The van der Waals surface area contributed by atoms with Crippen LogP contribution in [0.15, 0.2) is 0 Å². The van der Waals surface area contributed by atoms with Gasteiger partial charge in [-0.05, 0) is 17.5 Å². The molecule has 0 N–H and O–H groups in total. The highest BCUT2D eigenvalue weighted by Gasteiger charge is 1.88. The van der Waals surface area contributed by atoms with Gasteiger partial charge < -0.3 is 4.74 Å². The highest BCUT2D eigenvalue weighted by atomic mass is 32.2. The minimum atomic E-state index is 0.214. The Morgan fingerprint density at radius 1 is 1.60 bits per heavy atom. The zero-order chi connectivity index (χ0) is 7.66. The molecule has 0 saturated carbocycles. The van der Waals surface area contributed by atoms with Crippen molar-refractivity contribution in [1.29, 1.82) is 0 Å². The van der Waals surface area contributed by atoms with E-state index in [0.29, 0.717) is 0 Å². The lowest BCUT2D eigenvalue weighted by atomic mass is 10.6. The largest absolute Gasteiger partial charge is 0.374 e. The summed E-state index contributed by atoms with van der Waals surface area (Å²) in [5.74, 6) is 1.93. The second kappa shape index (κ2) is 9.88. The predicted molar refractivity (Wildman–Crippen MR) is 56.2 cm³/mol. The molecule has 0 unspecified atom stereocenters. The smallest absolute Gasteiger partial charge is 0.0914 e. The van der Waals surface area contributed by atoms with Crippen molar-refractivity contribution in [3.63, 3.8) is 0 Å². The Labute approximate surface area is 75.5 Å². The van der Waals surface area contributed by atoms with E-state index in [4.69, 9.17) is 4.74 Å². The molecule has 0 amide bonds. The van der Waals surface area contributed by atoms with Crippen molar-refractivity contribution in [3.8, 4) is 0 Å². The SMILES string of the molecule is COCSC[SiH2]CCCS. The van der Waals surface area contributed by atoms with Crippen molar-refractivity contribution in [1.82, 2.24) is 0 Å². The minimum absolute atomic E-state index is 0.214. The molecule has 0 saturated heterocycles. The number of thiol groups is 1. The fourth-order valence-electron chi connectivity index (χ4n) is 0.635. The van der Waals surface area contributed by atoms with Crippen LogP contribution in [0.4, 0.5) is 0 Å². The molecule has 0 aromatic heterocycles. The maximum absolute atomic E-state index is 4.92. The summed E-state index contributed by atoms with van der Waals surface area (Å²) in [6.07, 6.45) is 1.31. The maximum Gasteiger partial charge on any atom is 0.0914 e. The first-order valence-electron chi connectivity index (χ1n) is 3.59. The quantitative estimate of drug-likeness (QED) is 0.283. The monoisotopic (exact) mass is 196 g/mol. The third-order valence-electron chi connectivity index (χ3n) is 1.15. The van der Waals surface area contributed by atoms with E-state index < -0.39 is 0 Å². The van der Waals surface area contributed by atoms with Crippen LogP contribution in [-0.4, -0.2) is 33.7 Å². The lowest BCUT2D eigenvalue weighted by molar-refractivity contribution is 0.259. The van der Waals surface area contributed by atoms with Crippen molar-refractivity contribution in [3.05, 3.63) is 0 Å². The summed E-state index contributed by atoms with van der Waals surface area (Å²) in [6, 6.07) is 1.44. The first-order chi connectivity index (χ1) is 4.91. The van der Waals surface area contributed by atoms with Gasteiger partial charge in [0.1, 0.15) is 0 Å². The predicted octanol–water partition coefficient (Wildman–Crippen LogP) is 1.19. The molecule has 0 aromatic rings. The van der Waals surface area contributed by atoms with E-state index in [1.165, 1.54) is 17.8 Å². The molecular weight excluding hydrogens is 180 g/mol. The summed E-state index contributed by atoms with van der Waals surface area (Å²) >= 11 is 6.07. The number of rotatable bonds is 7. The highest BCUT2D eigenvalue weighted by molar-refractivity contribution is 8.00. The average Bonchev–Trinajstić information content (AvgIpc) is 1.97. The van der Waals surface area contributed by atoms with Gasteiger partial charge in [0, 0.05) is 16.6 Å².